The first kappa shape index (κ1) is 17.7. The first-order chi connectivity index (χ1) is 10.4. The third-order valence-electron chi connectivity index (χ3n) is 3.81. The van der Waals surface area contributed by atoms with Gasteiger partial charge in [-0.05, 0) is 49.9 Å². The summed E-state index contributed by atoms with van der Waals surface area (Å²) in [5.41, 5.74) is 0.664. The Bertz CT molecular complexity index is 594. The quantitative estimate of drug-likeness (QED) is 0.670. The van der Waals surface area contributed by atoms with Crippen LogP contribution in [0.2, 0.25) is 0 Å². The summed E-state index contributed by atoms with van der Waals surface area (Å²) in [7, 11) is -3.78. The highest BCUT2D eigenvalue weighted by molar-refractivity contribution is 9.10. The summed E-state index contributed by atoms with van der Waals surface area (Å²) in [6, 6.07) is 5.69. The van der Waals surface area contributed by atoms with E-state index in [1.807, 2.05) is 18.2 Å². The molecule has 0 saturated carbocycles. The summed E-state index contributed by atoms with van der Waals surface area (Å²) < 4.78 is 24.4. The van der Waals surface area contributed by atoms with Crippen LogP contribution in [0.25, 0.3) is 0 Å². The molecule has 2 atom stereocenters. The van der Waals surface area contributed by atoms with Gasteiger partial charge in [-0.1, -0.05) is 22.0 Å². The van der Waals surface area contributed by atoms with E-state index in [0.717, 1.165) is 22.0 Å². The lowest BCUT2D eigenvalue weighted by molar-refractivity contribution is -0.305. The zero-order valence-corrected chi connectivity index (χ0v) is 15.1. The summed E-state index contributed by atoms with van der Waals surface area (Å²) in [5.74, 6) is -1.80. The molecule has 1 aliphatic rings. The molecule has 122 valence electrons. The van der Waals surface area contributed by atoms with Crippen LogP contribution in [0.1, 0.15) is 37.3 Å². The topological polar surface area (TPSA) is 75.7 Å². The highest BCUT2D eigenvalue weighted by atomic mass is 79.9. The second kappa shape index (κ2) is 7.26. The second-order valence-electron chi connectivity index (χ2n) is 5.13. The molecule has 1 aliphatic carbocycles. The minimum Gasteiger partial charge on any atom is -0.549 e. The van der Waals surface area contributed by atoms with Gasteiger partial charge in [0.05, 0.1) is 19.2 Å². The molecule has 0 aromatic heterocycles. The molecule has 0 heterocycles. The molecule has 7 heteroatoms. The van der Waals surface area contributed by atoms with Gasteiger partial charge in [0.25, 0.3) is 0 Å². The van der Waals surface area contributed by atoms with Crippen molar-refractivity contribution in [2.24, 2.45) is 0 Å². The van der Waals surface area contributed by atoms with Crippen molar-refractivity contribution in [3.8, 4) is 0 Å². The first-order valence-electron chi connectivity index (χ1n) is 7.31. The average molecular weight is 390 g/mol. The number of hydrogen-bond donors (Lipinski definition) is 0. The van der Waals surface area contributed by atoms with E-state index in [1.54, 1.807) is 13.8 Å². The largest absolute Gasteiger partial charge is 0.549 e. The number of halogens is 1. The van der Waals surface area contributed by atoms with Gasteiger partial charge < -0.3 is 18.9 Å². The molecule has 22 heavy (non-hydrogen) atoms. The van der Waals surface area contributed by atoms with Crippen molar-refractivity contribution < 1.29 is 23.5 Å². The van der Waals surface area contributed by atoms with E-state index >= 15 is 0 Å². The monoisotopic (exact) mass is 389 g/mol. The van der Waals surface area contributed by atoms with Crippen LogP contribution in [-0.4, -0.2) is 24.8 Å². The van der Waals surface area contributed by atoms with Gasteiger partial charge in [0, 0.05) is 10.4 Å². The van der Waals surface area contributed by atoms with Crippen molar-refractivity contribution in [1.29, 1.82) is 0 Å². The SMILES string of the molecule is CCOP(=O)(OCC)C(C(=O)[O-])C1CCc2cc(Br)ccc21. The summed E-state index contributed by atoms with van der Waals surface area (Å²) in [6.07, 6.45) is 1.33. The fourth-order valence-electron chi connectivity index (χ4n) is 3.02. The molecule has 0 aliphatic heterocycles. The number of benzene rings is 1. The van der Waals surface area contributed by atoms with Gasteiger partial charge >= 0.3 is 7.60 Å². The molecule has 1 aromatic carbocycles. The first-order valence-corrected chi connectivity index (χ1v) is 9.71. The maximum Gasteiger partial charge on any atom is 0.339 e. The van der Waals surface area contributed by atoms with Crippen LogP contribution < -0.4 is 5.11 Å². The molecule has 0 amide bonds. The van der Waals surface area contributed by atoms with E-state index < -0.39 is 25.1 Å². The minimum atomic E-state index is -3.78. The van der Waals surface area contributed by atoms with Crippen molar-refractivity contribution in [3.05, 3.63) is 33.8 Å². The summed E-state index contributed by atoms with van der Waals surface area (Å²) >= 11 is 3.41. The molecule has 0 N–H and O–H groups in total. The van der Waals surface area contributed by atoms with Gasteiger partial charge in [0.2, 0.25) is 0 Å². The predicted octanol–water partition coefficient (Wildman–Crippen LogP) is 2.86. The third kappa shape index (κ3) is 3.46. The number of aryl methyl sites for hydroxylation is 1. The van der Waals surface area contributed by atoms with Crippen molar-refractivity contribution >= 4 is 29.5 Å². The summed E-state index contributed by atoms with van der Waals surface area (Å²) in [4.78, 5) is 11.7. The normalized spacial score (nSPS) is 19.0. The van der Waals surface area contributed by atoms with Gasteiger partial charge in [-0.15, -0.1) is 0 Å². The standard InChI is InChI=1S/C15H20BrO5P/c1-3-20-22(19,21-4-2)14(15(17)18)13-7-5-10-9-11(16)6-8-12(10)13/h6,8-9,13-14H,3-5,7H2,1-2H3,(H,17,18)/p-1. The van der Waals surface area contributed by atoms with E-state index in [0.29, 0.717) is 6.42 Å². The van der Waals surface area contributed by atoms with Crippen molar-refractivity contribution in [2.75, 3.05) is 13.2 Å². The molecule has 0 saturated heterocycles. The molecule has 0 bridgehead atoms. The molecular weight excluding hydrogens is 371 g/mol. The van der Waals surface area contributed by atoms with Crippen molar-refractivity contribution in [3.63, 3.8) is 0 Å². The average Bonchev–Trinajstić information content (AvgIpc) is 2.81. The molecule has 1 aromatic rings. The Morgan fingerprint density at radius 2 is 2.05 bits per heavy atom. The Labute approximate surface area is 138 Å². The number of carboxylic acids is 1. The summed E-state index contributed by atoms with van der Waals surface area (Å²) in [5, 5.41) is 11.7. The lowest BCUT2D eigenvalue weighted by Gasteiger charge is -2.31. The molecule has 0 fully saturated rings. The predicted molar refractivity (Wildman–Crippen MR) is 84.9 cm³/mol. The Balaban J connectivity index is 2.42. The van der Waals surface area contributed by atoms with Gasteiger partial charge in [-0.3, -0.25) is 4.57 Å². The Hall–Kier alpha value is -0.680. The van der Waals surface area contributed by atoms with E-state index in [1.165, 1.54) is 0 Å². The molecule has 0 spiro atoms. The minimum absolute atomic E-state index is 0.126. The van der Waals surface area contributed by atoms with E-state index in [-0.39, 0.29) is 13.2 Å². The fraction of sp³-hybridized carbons (Fsp3) is 0.533. The maximum absolute atomic E-state index is 12.9. The number of hydrogen-bond acceptors (Lipinski definition) is 5. The van der Waals surface area contributed by atoms with Crippen LogP contribution in [0.15, 0.2) is 22.7 Å². The Kier molecular flexibility index (Phi) is 5.83. The number of carbonyl (C=O) groups is 1. The van der Waals surface area contributed by atoms with Crippen LogP contribution in [0.4, 0.5) is 0 Å². The summed E-state index contributed by atoms with van der Waals surface area (Å²) in [6.45, 7) is 3.58. The van der Waals surface area contributed by atoms with Crippen LogP contribution in [-0.2, 0) is 24.8 Å². The highest BCUT2D eigenvalue weighted by Crippen LogP contribution is 2.59. The van der Waals surface area contributed by atoms with Crippen LogP contribution in [0.5, 0.6) is 0 Å². The maximum atomic E-state index is 12.9. The third-order valence-corrected chi connectivity index (χ3v) is 6.79. The van der Waals surface area contributed by atoms with Gasteiger partial charge in [-0.2, -0.15) is 0 Å². The Morgan fingerprint density at radius 1 is 1.41 bits per heavy atom. The smallest absolute Gasteiger partial charge is 0.339 e. The van der Waals surface area contributed by atoms with Gasteiger partial charge in [-0.25, -0.2) is 0 Å². The number of aliphatic carboxylic acids is 1. The highest BCUT2D eigenvalue weighted by Gasteiger charge is 2.44. The second-order valence-corrected chi connectivity index (χ2v) is 8.20. The van der Waals surface area contributed by atoms with Crippen LogP contribution >= 0.6 is 23.5 Å². The fourth-order valence-corrected chi connectivity index (χ4v) is 5.55. The number of carboxylic acid groups (broad SMARTS) is 1. The van der Waals surface area contributed by atoms with E-state index in [9.17, 15) is 14.5 Å². The van der Waals surface area contributed by atoms with Gasteiger partial charge in [0.15, 0.2) is 0 Å². The molecule has 5 nitrogen and oxygen atoms in total. The lowest BCUT2D eigenvalue weighted by Crippen LogP contribution is -2.40. The number of fused-ring (bicyclic) bond motifs is 1. The van der Waals surface area contributed by atoms with Crippen molar-refractivity contribution in [1.82, 2.24) is 0 Å². The zero-order chi connectivity index (χ0) is 16.3. The molecule has 2 rings (SSSR count). The van der Waals surface area contributed by atoms with Crippen molar-refractivity contribution in [2.45, 2.75) is 38.3 Å². The molecular formula is C15H19BrO5P-. The molecule has 2 unspecified atom stereocenters. The van der Waals surface area contributed by atoms with Crippen LogP contribution in [0.3, 0.4) is 0 Å². The number of rotatable bonds is 7. The number of carbonyl (C=O) groups excluding carboxylic acids is 1. The Morgan fingerprint density at radius 3 is 2.59 bits per heavy atom. The van der Waals surface area contributed by atoms with Gasteiger partial charge in [0.1, 0.15) is 5.66 Å². The molecule has 0 radical (unpaired) electrons. The lowest BCUT2D eigenvalue weighted by atomic mass is 9.97. The van der Waals surface area contributed by atoms with E-state index in [4.69, 9.17) is 9.05 Å². The van der Waals surface area contributed by atoms with E-state index in [2.05, 4.69) is 15.9 Å². The zero-order valence-electron chi connectivity index (χ0n) is 12.6. The van der Waals surface area contributed by atoms with Crippen LogP contribution in [0, 0.1) is 0 Å².